The van der Waals surface area contributed by atoms with Gasteiger partial charge in [0.25, 0.3) is 5.91 Å². The Balaban J connectivity index is 2.04. The molecule has 1 saturated heterocycles. The van der Waals surface area contributed by atoms with Gasteiger partial charge in [-0.15, -0.1) is 11.3 Å². The van der Waals surface area contributed by atoms with E-state index in [-0.39, 0.29) is 5.91 Å². The van der Waals surface area contributed by atoms with Crippen molar-refractivity contribution >= 4 is 17.2 Å². The second-order valence-corrected chi connectivity index (χ2v) is 5.86. The van der Waals surface area contributed by atoms with Crippen LogP contribution in [-0.2, 0) is 6.42 Å². The summed E-state index contributed by atoms with van der Waals surface area (Å²) >= 11 is 1.58. The number of piperidine rings is 1. The molecule has 1 aliphatic rings. The highest BCUT2D eigenvalue weighted by Gasteiger charge is 2.25. The van der Waals surface area contributed by atoms with Gasteiger partial charge in [-0.25, -0.2) is 0 Å². The highest BCUT2D eigenvalue weighted by atomic mass is 32.1. The monoisotopic (exact) mass is 266 g/mol. The third kappa shape index (κ3) is 2.93. The van der Waals surface area contributed by atoms with E-state index in [1.54, 1.807) is 11.3 Å². The molecule has 100 valence electrons. The van der Waals surface area contributed by atoms with Crippen LogP contribution in [0.2, 0.25) is 0 Å². The Kier molecular flexibility index (Phi) is 4.78. The lowest BCUT2D eigenvalue weighted by atomic mass is 9.97. The molecule has 0 spiro atoms. The molecule has 1 aromatic heterocycles. The van der Waals surface area contributed by atoms with Crippen LogP contribution in [0.4, 0.5) is 0 Å². The molecule has 0 aromatic carbocycles. The number of carbonyl (C=O) groups excluding carboxylic acids is 1. The smallest absolute Gasteiger partial charge is 0.264 e. The predicted octanol–water partition coefficient (Wildman–Crippen LogP) is 2.38. The quantitative estimate of drug-likeness (QED) is 0.907. The number of rotatable bonds is 4. The van der Waals surface area contributed by atoms with Crippen LogP contribution in [0.1, 0.15) is 35.0 Å². The zero-order valence-electron chi connectivity index (χ0n) is 11.2. The Hall–Kier alpha value is -0.870. The minimum Gasteiger partial charge on any atom is -0.338 e. The second kappa shape index (κ2) is 6.34. The van der Waals surface area contributed by atoms with Crippen LogP contribution >= 0.6 is 11.3 Å². The number of carbonyl (C=O) groups is 1. The highest BCUT2D eigenvalue weighted by Crippen LogP contribution is 2.23. The Morgan fingerprint density at radius 1 is 1.61 bits per heavy atom. The molecule has 18 heavy (non-hydrogen) atoms. The first-order chi connectivity index (χ1) is 8.76. The normalized spacial score (nSPS) is 20.1. The third-order valence-corrected chi connectivity index (χ3v) is 4.57. The fourth-order valence-corrected chi connectivity index (χ4v) is 3.61. The topological polar surface area (TPSA) is 32.3 Å². The Morgan fingerprint density at radius 2 is 2.44 bits per heavy atom. The van der Waals surface area contributed by atoms with Crippen molar-refractivity contribution in [3.63, 3.8) is 0 Å². The minimum absolute atomic E-state index is 0.239. The van der Waals surface area contributed by atoms with Crippen molar-refractivity contribution in [1.82, 2.24) is 10.2 Å². The van der Waals surface area contributed by atoms with Crippen molar-refractivity contribution in [3.8, 4) is 0 Å². The van der Waals surface area contributed by atoms with E-state index < -0.39 is 0 Å². The van der Waals surface area contributed by atoms with Crippen LogP contribution in [0.25, 0.3) is 0 Å². The molecule has 0 saturated carbocycles. The highest BCUT2D eigenvalue weighted by molar-refractivity contribution is 7.12. The number of thiophene rings is 1. The van der Waals surface area contributed by atoms with Gasteiger partial charge < -0.3 is 10.2 Å². The maximum atomic E-state index is 12.5. The maximum absolute atomic E-state index is 12.5. The molecule has 2 heterocycles. The van der Waals surface area contributed by atoms with E-state index >= 15 is 0 Å². The summed E-state index contributed by atoms with van der Waals surface area (Å²) in [6.07, 6.45) is 3.30. The van der Waals surface area contributed by atoms with E-state index in [2.05, 4.69) is 18.3 Å². The van der Waals surface area contributed by atoms with Crippen molar-refractivity contribution in [3.05, 3.63) is 21.9 Å². The van der Waals surface area contributed by atoms with Crippen LogP contribution < -0.4 is 5.32 Å². The Labute approximate surface area is 113 Å². The molecule has 1 amide bonds. The molecule has 1 fully saturated rings. The third-order valence-electron chi connectivity index (χ3n) is 3.62. The van der Waals surface area contributed by atoms with Crippen molar-refractivity contribution in [1.29, 1.82) is 0 Å². The lowest BCUT2D eigenvalue weighted by molar-refractivity contribution is 0.0678. The lowest BCUT2D eigenvalue weighted by Gasteiger charge is -2.32. The molecule has 4 heteroatoms. The van der Waals surface area contributed by atoms with E-state index in [9.17, 15) is 4.79 Å². The predicted molar refractivity (Wildman–Crippen MR) is 76.3 cm³/mol. The van der Waals surface area contributed by atoms with Gasteiger partial charge in [0.2, 0.25) is 0 Å². The molecule has 1 aliphatic heterocycles. The largest absolute Gasteiger partial charge is 0.338 e. The van der Waals surface area contributed by atoms with Gasteiger partial charge in [0.15, 0.2) is 0 Å². The van der Waals surface area contributed by atoms with Crippen LogP contribution in [0.5, 0.6) is 0 Å². The van der Waals surface area contributed by atoms with E-state index in [1.807, 2.05) is 17.3 Å². The number of amides is 1. The van der Waals surface area contributed by atoms with Gasteiger partial charge in [0, 0.05) is 13.1 Å². The SMILES string of the molecule is CCc1ccsc1C(=O)N1CCC[C@@H](CNC)C1. The first-order valence-corrected chi connectivity index (χ1v) is 7.64. The zero-order chi connectivity index (χ0) is 13.0. The fourth-order valence-electron chi connectivity index (χ4n) is 2.65. The summed E-state index contributed by atoms with van der Waals surface area (Å²) in [7, 11) is 1.98. The van der Waals surface area contributed by atoms with Crippen molar-refractivity contribution in [2.24, 2.45) is 5.92 Å². The molecule has 2 rings (SSSR count). The van der Waals surface area contributed by atoms with Crippen molar-refractivity contribution < 1.29 is 4.79 Å². The molecule has 1 aromatic rings. The van der Waals surface area contributed by atoms with E-state index in [4.69, 9.17) is 0 Å². The first-order valence-electron chi connectivity index (χ1n) is 6.76. The van der Waals surface area contributed by atoms with E-state index in [0.717, 1.165) is 37.4 Å². The van der Waals surface area contributed by atoms with E-state index in [0.29, 0.717) is 5.92 Å². The van der Waals surface area contributed by atoms with Gasteiger partial charge in [-0.2, -0.15) is 0 Å². The number of likely N-dealkylation sites (tertiary alicyclic amines) is 1. The number of hydrogen-bond acceptors (Lipinski definition) is 3. The average molecular weight is 266 g/mol. The summed E-state index contributed by atoms with van der Waals surface area (Å²) in [6.45, 7) is 4.94. The van der Waals surface area contributed by atoms with Gasteiger partial charge in [-0.3, -0.25) is 4.79 Å². The molecule has 3 nitrogen and oxygen atoms in total. The Morgan fingerprint density at radius 3 is 3.17 bits per heavy atom. The Bertz CT molecular complexity index is 400. The first kappa shape index (κ1) is 13.6. The van der Waals surface area contributed by atoms with Crippen LogP contribution in [0, 0.1) is 5.92 Å². The zero-order valence-corrected chi connectivity index (χ0v) is 12.1. The van der Waals surface area contributed by atoms with Gasteiger partial charge in [-0.05, 0) is 55.8 Å². The van der Waals surface area contributed by atoms with Gasteiger partial charge >= 0.3 is 0 Å². The minimum atomic E-state index is 0.239. The summed E-state index contributed by atoms with van der Waals surface area (Å²) in [5.41, 5.74) is 1.20. The molecule has 0 aliphatic carbocycles. The van der Waals surface area contributed by atoms with Gasteiger partial charge in [0.1, 0.15) is 0 Å². The molecule has 1 atom stereocenters. The van der Waals surface area contributed by atoms with Crippen LogP contribution in [0.15, 0.2) is 11.4 Å². The molecular weight excluding hydrogens is 244 g/mol. The number of nitrogens with zero attached hydrogens (tertiary/aromatic N) is 1. The molecule has 0 bridgehead atoms. The molecule has 0 radical (unpaired) electrons. The maximum Gasteiger partial charge on any atom is 0.264 e. The fraction of sp³-hybridized carbons (Fsp3) is 0.643. The van der Waals surface area contributed by atoms with E-state index in [1.165, 1.54) is 12.0 Å². The summed E-state index contributed by atoms with van der Waals surface area (Å²) in [6, 6.07) is 2.08. The number of nitrogens with one attached hydrogen (secondary N) is 1. The van der Waals surface area contributed by atoms with Crippen molar-refractivity contribution in [2.45, 2.75) is 26.2 Å². The standard InChI is InChI=1S/C14H22N2OS/c1-3-12-6-8-18-13(12)14(17)16-7-4-5-11(10-16)9-15-2/h6,8,11,15H,3-5,7,9-10H2,1-2H3/t11-/m0/s1. The second-order valence-electron chi connectivity index (χ2n) is 4.95. The molecule has 1 N–H and O–H groups in total. The summed E-state index contributed by atoms with van der Waals surface area (Å²) in [5, 5.41) is 5.25. The van der Waals surface area contributed by atoms with Crippen LogP contribution in [-0.4, -0.2) is 37.5 Å². The van der Waals surface area contributed by atoms with Crippen LogP contribution in [0.3, 0.4) is 0 Å². The summed E-state index contributed by atoms with van der Waals surface area (Å²) in [5.74, 6) is 0.848. The van der Waals surface area contributed by atoms with Gasteiger partial charge in [-0.1, -0.05) is 6.92 Å². The average Bonchev–Trinajstić information content (AvgIpc) is 2.87. The lowest BCUT2D eigenvalue weighted by Crippen LogP contribution is -2.42. The molecular formula is C14H22N2OS. The molecule has 0 unspecified atom stereocenters. The summed E-state index contributed by atoms with van der Waals surface area (Å²) in [4.78, 5) is 15.5. The van der Waals surface area contributed by atoms with Crippen molar-refractivity contribution in [2.75, 3.05) is 26.7 Å². The number of hydrogen-bond donors (Lipinski definition) is 1. The van der Waals surface area contributed by atoms with Gasteiger partial charge in [0.05, 0.1) is 4.88 Å². The number of aryl methyl sites for hydroxylation is 1. The summed E-state index contributed by atoms with van der Waals surface area (Å²) < 4.78 is 0.